The van der Waals surface area contributed by atoms with E-state index >= 15 is 0 Å². The van der Waals surface area contributed by atoms with Crippen molar-refractivity contribution in [1.82, 2.24) is 5.32 Å². The van der Waals surface area contributed by atoms with Crippen molar-refractivity contribution < 1.29 is 24.0 Å². The van der Waals surface area contributed by atoms with Crippen molar-refractivity contribution >= 4 is 17.6 Å². The van der Waals surface area contributed by atoms with Gasteiger partial charge in [-0.25, -0.2) is 4.79 Å². The second-order valence-corrected chi connectivity index (χ2v) is 6.66. The van der Waals surface area contributed by atoms with Gasteiger partial charge in [-0.3, -0.25) is 14.9 Å². The first-order chi connectivity index (χ1) is 12.3. The highest BCUT2D eigenvalue weighted by molar-refractivity contribution is 5.92. The Kier molecular flexibility index (Phi) is 6.54. The lowest BCUT2D eigenvalue weighted by molar-refractivity contribution is -0.385. The normalized spacial score (nSPS) is 22.3. The number of amides is 1. The summed E-state index contributed by atoms with van der Waals surface area (Å²) in [6.45, 7) is 3.85. The van der Waals surface area contributed by atoms with E-state index in [4.69, 9.17) is 9.47 Å². The number of hydrogen-bond donors (Lipinski definition) is 1. The molecule has 0 aliphatic heterocycles. The lowest BCUT2D eigenvalue weighted by atomic mass is 9.78. The van der Waals surface area contributed by atoms with E-state index in [-0.39, 0.29) is 28.9 Å². The monoisotopic (exact) mass is 364 g/mol. The van der Waals surface area contributed by atoms with Gasteiger partial charge < -0.3 is 14.8 Å². The van der Waals surface area contributed by atoms with Crippen LogP contribution in [0, 0.1) is 22.0 Å². The van der Waals surface area contributed by atoms with Crippen LogP contribution in [0.3, 0.4) is 0 Å². The highest BCUT2D eigenvalue weighted by atomic mass is 16.6. The molecule has 8 heteroatoms. The van der Waals surface area contributed by atoms with E-state index in [0.717, 1.165) is 25.3 Å². The molecule has 1 aromatic carbocycles. The molecule has 1 saturated carbocycles. The predicted octanol–water partition coefficient (Wildman–Crippen LogP) is 2.70. The fourth-order valence-corrected chi connectivity index (χ4v) is 3.21. The van der Waals surface area contributed by atoms with Crippen molar-refractivity contribution in [3.8, 4) is 5.75 Å². The van der Waals surface area contributed by atoms with Gasteiger partial charge in [0.2, 0.25) is 0 Å². The molecule has 1 N–H and O–H groups in total. The number of rotatable bonds is 6. The van der Waals surface area contributed by atoms with E-state index < -0.39 is 17.5 Å². The maximum absolute atomic E-state index is 12.1. The zero-order valence-corrected chi connectivity index (χ0v) is 15.2. The number of nitro groups is 1. The van der Waals surface area contributed by atoms with Crippen molar-refractivity contribution in [2.75, 3.05) is 13.7 Å². The number of esters is 1. The molecule has 0 radical (unpaired) electrons. The first-order valence-corrected chi connectivity index (χ1v) is 8.62. The molecule has 142 valence electrons. The molecule has 0 saturated heterocycles. The number of carbonyl (C=O) groups excluding carboxylic acids is 2. The molecule has 0 heterocycles. The van der Waals surface area contributed by atoms with Crippen LogP contribution in [0.5, 0.6) is 5.75 Å². The molecular formula is C18H24N2O6. The van der Waals surface area contributed by atoms with Crippen molar-refractivity contribution in [2.45, 2.75) is 39.2 Å². The number of hydrogen-bond acceptors (Lipinski definition) is 6. The zero-order chi connectivity index (χ0) is 19.3. The summed E-state index contributed by atoms with van der Waals surface area (Å²) < 4.78 is 9.87. The summed E-state index contributed by atoms with van der Waals surface area (Å²) >= 11 is 0. The zero-order valence-electron chi connectivity index (χ0n) is 15.2. The SMILES string of the molecule is COc1ccc(C(=O)OCC(=O)N[C@H]2CCC[C@@H](C)[C@H]2C)cc1[N+](=O)[O-]. The molecule has 1 amide bonds. The second kappa shape index (κ2) is 8.64. The lowest BCUT2D eigenvalue weighted by Crippen LogP contribution is -2.45. The number of benzene rings is 1. The average molecular weight is 364 g/mol. The summed E-state index contributed by atoms with van der Waals surface area (Å²) in [4.78, 5) is 34.5. The van der Waals surface area contributed by atoms with Crippen LogP contribution in [0.15, 0.2) is 18.2 Å². The summed E-state index contributed by atoms with van der Waals surface area (Å²) in [5.41, 5.74) is -0.346. The first-order valence-electron chi connectivity index (χ1n) is 8.62. The van der Waals surface area contributed by atoms with Crippen LogP contribution in [-0.2, 0) is 9.53 Å². The average Bonchev–Trinajstić information content (AvgIpc) is 2.62. The van der Waals surface area contributed by atoms with Crippen LogP contribution < -0.4 is 10.1 Å². The summed E-state index contributed by atoms with van der Waals surface area (Å²) in [6.07, 6.45) is 3.13. The number of ether oxygens (including phenoxy) is 2. The van der Waals surface area contributed by atoms with E-state index in [1.165, 1.54) is 19.2 Å². The van der Waals surface area contributed by atoms with Gasteiger partial charge >= 0.3 is 11.7 Å². The Morgan fingerprint density at radius 3 is 2.69 bits per heavy atom. The van der Waals surface area contributed by atoms with Crippen LogP contribution >= 0.6 is 0 Å². The molecule has 1 aromatic rings. The fourth-order valence-electron chi connectivity index (χ4n) is 3.21. The molecular weight excluding hydrogens is 340 g/mol. The van der Waals surface area contributed by atoms with Crippen molar-refractivity contribution in [1.29, 1.82) is 0 Å². The minimum Gasteiger partial charge on any atom is -0.490 e. The molecule has 1 aliphatic carbocycles. The van der Waals surface area contributed by atoms with Gasteiger partial charge in [0, 0.05) is 12.1 Å². The van der Waals surface area contributed by atoms with Gasteiger partial charge in [0.05, 0.1) is 17.6 Å². The summed E-state index contributed by atoms with van der Waals surface area (Å²) in [5, 5.41) is 13.9. The smallest absolute Gasteiger partial charge is 0.338 e. The van der Waals surface area contributed by atoms with E-state index in [0.29, 0.717) is 11.8 Å². The molecule has 0 aromatic heterocycles. The van der Waals surface area contributed by atoms with E-state index in [1.54, 1.807) is 0 Å². The molecule has 0 spiro atoms. The molecule has 26 heavy (non-hydrogen) atoms. The molecule has 3 atom stereocenters. The van der Waals surface area contributed by atoms with Crippen LogP contribution in [-0.4, -0.2) is 36.6 Å². The van der Waals surface area contributed by atoms with Gasteiger partial charge in [-0.2, -0.15) is 0 Å². The maximum Gasteiger partial charge on any atom is 0.338 e. The van der Waals surface area contributed by atoms with Crippen molar-refractivity contribution in [3.63, 3.8) is 0 Å². The summed E-state index contributed by atoms with van der Waals surface area (Å²) in [5.74, 6) is -0.211. The highest BCUT2D eigenvalue weighted by Crippen LogP contribution is 2.29. The number of nitrogens with one attached hydrogen (secondary N) is 1. The van der Waals surface area contributed by atoms with Gasteiger partial charge in [0.25, 0.3) is 5.91 Å². The number of carbonyl (C=O) groups is 2. The largest absolute Gasteiger partial charge is 0.490 e. The first kappa shape index (κ1) is 19.7. The molecule has 2 rings (SSSR count). The quantitative estimate of drug-likeness (QED) is 0.472. The van der Waals surface area contributed by atoms with Gasteiger partial charge in [0.15, 0.2) is 12.4 Å². The molecule has 0 bridgehead atoms. The van der Waals surface area contributed by atoms with Crippen LogP contribution in [0.4, 0.5) is 5.69 Å². The molecule has 1 aliphatic rings. The van der Waals surface area contributed by atoms with Crippen LogP contribution in [0.25, 0.3) is 0 Å². The standard InChI is InChI=1S/C18H24N2O6/c1-11-5-4-6-14(12(11)2)19-17(21)10-26-18(22)13-7-8-16(25-3)15(9-13)20(23)24/h7-9,11-12,14H,4-6,10H2,1-3H3,(H,19,21)/t11-,12-,14+/m1/s1. The minimum atomic E-state index is -0.795. The van der Waals surface area contributed by atoms with E-state index in [9.17, 15) is 19.7 Å². The third kappa shape index (κ3) is 4.71. The molecule has 8 nitrogen and oxygen atoms in total. The van der Waals surface area contributed by atoms with Gasteiger partial charge in [-0.15, -0.1) is 0 Å². The topological polar surface area (TPSA) is 108 Å². The Morgan fingerprint density at radius 2 is 2.04 bits per heavy atom. The maximum atomic E-state index is 12.1. The predicted molar refractivity (Wildman–Crippen MR) is 94.0 cm³/mol. The summed E-state index contributed by atoms with van der Waals surface area (Å²) in [7, 11) is 1.30. The Balaban J connectivity index is 1.93. The second-order valence-electron chi connectivity index (χ2n) is 6.66. The molecule has 1 fully saturated rings. The number of nitro benzene ring substituents is 1. The van der Waals surface area contributed by atoms with E-state index in [2.05, 4.69) is 19.2 Å². The highest BCUT2D eigenvalue weighted by Gasteiger charge is 2.28. The van der Waals surface area contributed by atoms with Crippen molar-refractivity contribution in [2.24, 2.45) is 11.8 Å². The van der Waals surface area contributed by atoms with Crippen LogP contribution in [0.1, 0.15) is 43.5 Å². The minimum absolute atomic E-state index is 0.00930. The number of methoxy groups -OCH3 is 1. The van der Waals surface area contributed by atoms with Gasteiger partial charge in [-0.1, -0.05) is 26.7 Å². The van der Waals surface area contributed by atoms with Crippen LogP contribution in [0.2, 0.25) is 0 Å². The van der Waals surface area contributed by atoms with Gasteiger partial charge in [-0.05, 0) is 30.4 Å². The lowest BCUT2D eigenvalue weighted by Gasteiger charge is -2.34. The fraction of sp³-hybridized carbons (Fsp3) is 0.556. The van der Waals surface area contributed by atoms with E-state index in [1.807, 2.05) is 0 Å². The summed E-state index contributed by atoms with van der Waals surface area (Å²) in [6, 6.07) is 3.83. The number of nitrogens with zero attached hydrogens (tertiary/aromatic N) is 1. The van der Waals surface area contributed by atoms with Crippen molar-refractivity contribution in [3.05, 3.63) is 33.9 Å². The van der Waals surface area contributed by atoms with Gasteiger partial charge in [0.1, 0.15) is 0 Å². The molecule has 0 unspecified atom stereocenters. The third-order valence-corrected chi connectivity index (χ3v) is 5.00. The Morgan fingerprint density at radius 1 is 1.31 bits per heavy atom. The third-order valence-electron chi connectivity index (χ3n) is 5.00. The Hall–Kier alpha value is -2.64. The Bertz CT molecular complexity index is 690. The Labute approximate surface area is 152 Å².